The molecule has 0 spiro atoms. The Kier molecular flexibility index (Phi) is 6.27. The average Bonchev–Trinajstić information content (AvgIpc) is 2.93. The normalized spacial score (nSPS) is 17.7. The molecule has 0 radical (unpaired) electrons. The first-order valence-electron chi connectivity index (χ1n) is 8.01. The number of aliphatic hydroxyl groups is 1. The maximum absolute atomic E-state index is 12.2. The Bertz CT molecular complexity index is 545. The molecule has 0 aliphatic heterocycles. The summed E-state index contributed by atoms with van der Waals surface area (Å²) in [7, 11) is 1.55. The third kappa shape index (κ3) is 5.37. The minimum atomic E-state index is -0.610. The van der Waals surface area contributed by atoms with Crippen LogP contribution in [0.5, 0.6) is 5.75 Å². The molecular weight excluding hydrogens is 316 g/mol. The summed E-state index contributed by atoms with van der Waals surface area (Å²) in [5.74, 6) is 0.451. The Morgan fingerprint density at radius 2 is 2.13 bits per heavy atom. The zero-order valence-electron chi connectivity index (χ0n) is 13.7. The Morgan fingerprint density at radius 1 is 1.43 bits per heavy atom. The molecule has 1 amide bonds. The van der Waals surface area contributed by atoms with Crippen LogP contribution in [0.15, 0.2) is 18.2 Å². The first-order valence-corrected chi connectivity index (χ1v) is 8.39. The molecule has 6 heteroatoms. The minimum Gasteiger partial charge on any atom is -0.495 e. The summed E-state index contributed by atoms with van der Waals surface area (Å²) in [4.78, 5) is 12.2. The topological polar surface area (TPSA) is 70.6 Å². The number of hydrogen-bond donors (Lipinski definition) is 3. The summed E-state index contributed by atoms with van der Waals surface area (Å²) < 4.78 is 5.21. The van der Waals surface area contributed by atoms with Crippen molar-refractivity contribution in [3.05, 3.63) is 23.2 Å². The molecule has 0 aromatic heterocycles. The molecule has 1 fully saturated rings. The van der Waals surface area contributed by atoms with Crippen molar-refractivity contribution in [3.63, 3.8) is 0 Å². The van der Waals surface area contributed by atoms with Crippen molar-refractivity contribution in [1.82, 2.24) is 5.32 Å². The van der Waals surface area contributed by atoms with Gasteiger partial charge in [-0.15, -0.1) is 0 Å². The predicted octanol–water partition coefficient (Wildman–Crippen LogP) is 2.96. The van der Waals surface area contributed by atoms with E-state index in [0.717, 1.165) is 25.7 Å². The highest BCUT2D eigenvalue weighted by Crippen LogP contribution is 2.29. The molecule has 1 aromatic rings. The van der Waals surface area contributed by atoms with Crippen molar-refractivity contribution in [3.8, 4) is 5.75 Å². The van der Waals surface area contributed by atoms with Crippen LogP contribution in [0.25, 0.3) is 0 Å². The van der Waals surface area contributed by atoms with Gasteiger partial charge >= 0.3 is 0 Å². The van der Waals surface area contributed by atoms with E-state index < -0.39 is 5.60 Å². The number of methoxy groups -OCH3 is 1. The van der Waals surface area contributed by atoms with Crippen molar-refractivity contribution in [2.45, 2.75) is 50.7 Å². The lowest BCUT2D eigenvalue weighted by molar-refractivity contribution is -0.116. The molecule has 0 heterocycles. The molecule has 3 N–H and O–H groups in total. The summed E-state index contributed by atoms with van der Waals surface area (Å²) in [5, 5.41) is 16.9. The third-order valence-electron chi connectivity index (χ3n) is 4.24. The Balaban J connectivity index is 1.83. The van der Waals surface area contributed by atoms with Crippen LogP contribution in [-0.2, 0) is 4.79 Å². The summed E-state index contributed by atoms with van der Waals surface area (Å²) in [6.45, 7) is 2.47. The zero-order chi connectivity index (χ0) is 16.9. The molecular formula is C17H25ClN2O3. The smallest absolute Gasteiger partial charge is 0.226 e. The lowest BCUT2D eigenvalue weighted by Gasteiger charge is -2.25. The number of anilines is 1. The predicted molar refractivity (Wildman–Crippen MR) is 92.1 cm³/mol. The Hall–Kier alpha value is -1.30. The minimum absolute atomic E-state index is 0.0233. The second-order valence-electron chi connectivity index (χ2n) is 6.31. The van der Waals surface area contributed by atoms with Crippen LogP contribution in [0.3, 0.4) is 0 Å². The van der Waals surface area contributed by atoms with Crippen LogP contribution >= 0.6 is 11.6 Å². The molecule has 1 atom stereocenters. The highest BCUT2D eigenvalue weighted by molar-refractivity contribution is 6.31. The zero-order valence-corrected chi connectivity index (χ0v) is 14.4. The molecule has 2 rings (SSSR count). The Labute approximate surface area is 142 Å². The van der Waals surface area contributed by atoms with Gasteiger partial charge in [-0.2, -0.15) is 0 Å². The number of ether oxygens (including phenoxy) is 1. The quantitative estimate of drug-likeness (QED) is 0.713. The third-order valence-corrected chi connectivity index (χ3v) is 4.48. The fourth-order valence-corrected chi connectivity index (χ4v) is 3.08. The largest absolute Gasteiger partial charge is 0.495 e. The highest BCUT2D eigenvalue weighted by atomic mass is 35.5. The fourth-order valence-electron chi connectivity index (χ4n) is 2.90. The fraction of sp³-hybridized carbons (Fsp3) is 0.588. The van der Waals surface area contributed by atoms with E-state index in [-0.39, 0.29) is 11.9 Å². The van der Waals surface area contributed by atoms with E-state index in [1.54, 1.807) is 25.3 Å². The van der Waals surface area contributed by atoms with E-state index in [1.165, 1.54) is 0 Å². The summed E-state index contributed by atoms with van der Waals surface area (Å²) >= 11 is 5.95. The number of benzene rings is 1. The van der Waals surface area contributed by atoms with Gasteiger partial charge in [0, 0.05) is 24.0 Å². The SMILES string of the molecule is COc1ccc(Cl)cc1NC(=O)CC(C)NCC1(O)CCCC1. The summed E-state index contributed by atoms with van der Waals surface area (Å²) in [6, 6.07) is 5.07. The van der Waals surface area contributed by atoms with Crippen molar-refractivity contribution in [2.24, 2.45) is 0 Å². The standard InChI is InChI=1S/C17H25ClN2O3/c1-12(19-11-17(22)7-3-4-8-17)9-16(21)20-14-10-13(18)5-6-15(14)23-2/h5-6,10,12,19,22H,3-4,7-9,11H2,1-2H3,(H,20,21). The second kappa shape index (κ2) is 7.99. The van der Waals surface area contributed by atoms with E-state index in [9.17, 15) is 9.90 Å². The van der Waals surface area contributed by atoms with Gasteiger partial charge < -0.3 is 20.5 Å². The van der Waals surface area contributed by atoms with Crippen LogP contribution in [0, 0.1) is 0 Å². The molecule has 1 aliphatic rings. The van der Waals surface area contributed by atoms with E-state index in [2.05, 4.69) is 10.6 Å². The molecule has 1 unspecified atom stereocenters. The van der Waals surface area contributed by atoms with Gasteiger partial charge in [0.25, 0.3) is 0 Å². The summed E-state index contributed by atoms with van der Waals surface area (Å²) in [5.41, 5.74) is -0.0485. The van der Waals surface area contributed by atoms with E-state index in [0.29, 0.717) is 29.4 Å². The summed E-state index contributed by atoms with van der Waals surface area (Å²) in [6.07, 6.45) is 4.12. The van der Waals surface area contributed by atoms with Gasteiger partial charge in [-0.25, -0.2) is 0 Å². The number of nitrogens with one attached hydrogen (secondary N) is 2. The van der Waals surface area contributed by atoms with Crippen LogP contribution in [0.2, 0.25) is 5.02 Å². The van der Waals surface area contributed by atoms with E-state index >= 15 is 0 Å². The highest BCUT2D eigenvalue weighted by Gasteiger charge is 2.31. The molecule has 1 aliphatic carbocycles. The molecule has 1 saturated carbocycles. The molecule has 128 valence electrons. The monoisotopic (exact) mass is 340 g/mol. The van der Waals surface area contributed by atoms with Gasteiger partial charge in [0.1, 0.15) is 5.75 Å². The van der Waals surface area contributed by atoms with Gasteiger partial charge in [-0.1, -0.05) is 24.4 Å². The lowest BCUT2D eigenvalue weighted by atomic mass is 10.0. The number of hydrogen-bond acceptors (Lipinski definition) is 4. The number of rotatable bonds is 7. The molecule has 0 saturated heterocycles. The molecule has 5 nitrogen and oxygen atoms in total. The van der Waals surface area contributed by atoms with Crippen molar-refractivity contribution < 1.29 is 14.6 Å². The van der Waals surface area contributed by atoms with Crippen LogP contribution in [0.1, 0.15) is 39.0 Å². The Morgan fingerprint density at radius 3 is 2.78 bits per heavy atom. The first-order chi connectivity index (χ1) is 10.9. The van der Waals surface area contributed by atoms with Gasteiger partial charge in [0.05, 0.1) is 18.4 Å². The van der Waals surface area contributed by atoms with Crippen LogP contribution in [-0.4, -0.2) is 36.3 Å². The van der Waals surface area contributed by atoms with Crippen LogP contribution < -0.4 is 15.4 Å². The van der Waals surface area contributed by atoms with Crippen LogP contribution in [0.4, 0.5) is 5.69 Å². The number of carbonyl (C=O) groups excluding carboxylic acids is 1. The maximum Gasteiger partial charge on any atom is 0.226 e. The van der Waals surface area contributed by atoms with Gasteiger partial charge in [-0.3, -0.25) is 4.79 Å². The van der Waals surface area contributed by atoms with Gasteiger partial charge in [0.15, 0.2) is 0 Å². The molecule has 23 heavy (non-hydrogen) atoms. The average molecular weight is 341 g/mol. The molecule has 0 bridgehead atoms. The lowest BCUT2D eigenvalue weighted by Crippen LogP contribution is -2.42. The van der Waals surface area contributed by atoms with Gasteiger partial charge in [-0.05, 0) is 38.0 Å². The van der Waals surface area contributed by atoms with E-state index in [4.69, 9.17) is 16.3 Å². The van der Waals surface area contributed by atoms with Crippen molar-refractivity contribution in [1.29, 1.82) is 0 Å². The van der Waals surface area contributed by atoms with Crippen molar-refractivity contribution >= 4 is 23.2 Å². The number of carbonyl (C=O) groups is 1. The second-order valence-corrected chi connectivity index (χ2v) is 6.75. The first kappa shape index (κ1) is 18.0. The van der Waals surface area contributed by atoms with E-state index in [1.807, 2.05) is 6.92 Å². The van der Waals surface area contributed by atoms with Gasteiger partial charge in [0.2, 0.25) is 5.91 Å². The van der Waals surface area contributed by atoms with Crippen molar-refractivity contribution in [2.75, 3.05) is 19.0 Å². The maximum atomic E-state index is 12.2. The number of amides is 1. The molecule has 1 aromatic carbocycles. The number of halogens is 1.